The third kappa shape index (κ3) is 5.30. The van der Waals surface area contributed by atoms with E-state index in [0.29, 0.717) is 5.76 Å². The molecular weight excluding hydrogens is 507 g/mol. The summed E-state index contributed by atoms with van der Waals surface area (Å²) in [4.78, 5) is 12.5. The average Bonchev–Trinajstić information content (AvgIpc) is 2.89. The van der Waals surface area contributed by atoms with E-state index < -0.39 is 13.4 Å². The van der Waals surface area contributed by atoms with Gasteiger partial charge in [-0.1, -0.05) is 70.5 Å². The predicted molar refractivity (Wildman–Crippen MR) is 145 cm³/mol. The van der Waals surface area contributed by atoms with Crippen LogP contribution in [0.4, 0.5) is 4.79 Å². The van der Waals surface area contributed by atoms with Gasteiger partial charge in [-0.15, -0.1) is 0 Å². The molecular formula is C29H25BrO3P+. The summed E-state index contributed by atoms with van der Waals surface area (Å²) in [6.45, 7) is 2.00. The Morgan fingerprint density at radius 3 is 1.59 bits per heavy atom. The maximum atomic E-state index is 12.5. The number of carbonyl (C=O) groups is 1. The van der Waals surface area contributed by atoms with Crippen molar-refractivity contribution in [1.29, 1.82) is 0 Å². The lowest BCUT2D eigenvalue weighted by atomic mass is 10.2. The zero-order valence-electron chi connectivity index (χ0n) is 18.8. The molecule has 0 heterocycles. The van der Waals surface area contributed by atoms with Gasteiger partial charge in [0.05, 0.1) is 6.61 Å². The van der Waals surface area contributed by atoms with E-state index in [2.05, 4.69) is 94.5 Å². The molecule has 4 rings (SSSR count). The van der Waals surface area contributed by atoms with Crippen molar-refractivity contribution in [2.24, 2.45) is 0 Å². The molecule has 0 saturated heterocycles. The van der Waals surface area contributed by atoms with Crippen molar-refractivity contribution in [3.05, 3.63) is 131 Å². The molecule has 5 heteroatoms. The summed E-state index contributed by atoms with van der Waals surface area (Å²) in [5.74, 6) is 2.60. The smallest absolute Gasteiger partial charge is 0.434 e. The largest absolute Gasteiger partial charge is 0.513 e. The SMILES string of the molecule is CCOC(=O)O/C(=C/[P+](c1ccccc1)(c1ccccc1)c1ccccc1)c1ccc(Br)cc1. The predicted octanol–water partition coefficient (Wildman–Crippen LogP) is 6.91. The van der Waals surface area contributed by atoms with Crippen LogP contribution in [-0.2, 0) is 9.47 Å². The van der Waals surface area contributed by atoms with Crippen LogP contribution in [0.3, 0.4) is 0 Å². The third-order valence-corrected chi connectivity index (χ3v) is 9.87. The van der Waals surface area contributed by atoms with Crippen LogP contribution in [0, 0.1) is 0 Å². The number of rotatable bonds is 7. The van der Waals surface area contributed by atoms with E-state index in [1.165, 1.54) is 0 Å². The van der Waals surface area contributed by atoms with Gasteiger partial charge in [0.15, 0.2) is 5.76 Å². The van der Waals surface area contributed by atoms with Crippen LogP contribution in [0.1, 0.15) is 12.5 Å². The molecule has 0 bridgehead atoms. The van der Waals surface area contributed by atoms with E-state index in [4.69, 9.17) is 9.47 Å². The first-order valence-electron chi connectivity index (χ1n) is 11.0. The van der Waals surface area contributed by atoms with E-state index in [0.717, 1.165) is 25.9 Å². The Kier molecular flexibility index (Phi) is 7.95. The highest BCUT2D eigenvalue weighted by Crippen LogP contribution is 2.58. The molecule has 170 valence electrons. The molecule has 0 unspecified atom stereocenters. The minimum atomic E-state index is -2.37. The van der Waals surface area contributed by atoms with Crippen LogP contribution in [-0.4, -0.2) is 12.8 Å². The highest BCUT2D eigenvalue weighted by Gasteiger charge is 2.45. The molecule has 4 aromatic carbocycles. The van der Waals surface area contributed by atoms with Gasteiger partial charge >= 0.3 is 6.16 Å². The van der Waals surface area contributed by atoms with Crippen molar-refractivity contribution in [3.63, 3.8) is 0 Å². The lowest BCUT2D eigenvalue weighted by Crippen LogP contribution is -2.30. The van der Waals surface area contributed by atoms with Gasteiger partial charge in [-0.05, 0) is 67.6 Å². The minimum absolute atomic E-state index is 0.239. The van der Waals surface area contributed by atoms with Crippen LogP contribution in [0.2, 0.25) is 0 Å². The highest BCUT2D eigenvalue weighted by atomic mass is 79.9. The summed E-state index contributed by atoms with van der Waals surface area (Å²) in [7, 11) is -2.37. The van der Waals surface area contributed by atoms with Gasteiger partial charge in [0, 0.05) is 10.0 Å². The molecule has 4 aromatic rings. The van der Waals surface area contributed by atoms with Crippen molar-refractivity contribution in [3.8, 4) is 0 Å². The Hall–Kier alpha value is -3.20. The van der Waals surface area contributed by atoms with Gasteiger partial charge in [0.25, 0.3) is 0 Å². The van der Waals surface area contributed by atoms with Crippen LogP contribution in [0.25, 0.3) is 5.76 Å². The van der Waals surface area contributed by atoms with Gasteiger partial charge in [-0.2, -0.15) is 0 Å². The van der Waals surface area contributed by atoms with Gasteiger partial charge in [0.1, 0.15) is 29.0 Å². The summed E-state index contributed by atoms with van der Waals surface area (Å²) in [5.41, 5.74) is 0.795. The summed E-state index contributed by atoms with van der Waals surface area (Å²) in [6.07, 6.45) is -0.719. The zero-order valence-corrected chi connectivity index (χ0v) is 21.3. The normalized spacial score (nSPS) is 11.6. The van der Waals surface area contributed by atoms with Crippen LogP contribution in [0.15, 0.2) is 126 Å². The molecule has 34 heavy (non-hydrogen) atoms. The Morgan fingerprint density at radius 2 is 1.18 bits per heavy atom. The van der Waals surface area contributed by atoms with Crippen molar-refractivity contribution < 1.29 is 14.3 Å². The van der Waals surface area contributed by atoms with E-state index in [1.54, 1.807) is 6.92 Å². The number of ether oxygens (including phenoxy) is 2. The molecule has 0 atom stereocenters. The monoisotopic (exact) mass is 531 g/mol. The highest BCUT2D eigenvalue weighted by molar-refractivity contribution is 9.10. The van der Waals surface area contributed by atoms with E-state index >= 15 is 0 Å². The second kappa shape index (κ2) is 11.3. The standard InChI is InChI=1S/C29H25BrO3P/c1-2-32-29(31)33-28(23-18-20-24(30)21-19-23)22-34(25-12-6-3-7-13-25,26-14-8-4-9-15-26)27-16-10-5-11-17-27/h3-22H,2H2,1H3/q+1/b28-22+. The molecule has 0 amide bonds. The Labute approximate surface area is 209 Å². The summed E-state index contributed by atoms with van der Waals surface area (Å²) >= 11 is 3.50. The topological polar surface area (TPSA) is 35.5 Å². The number of carbonyl (C=O) groups excluding carboxylic acids is 1. The summed E-state index contributed by atoms with van der Waals surface area (Å²) in [5, 5.41) is 3.48. The maximum Gasteiger partial charge on any atom is 0.513 e. The summed E-state index contributed by atoms with van der Waals surface area (Å²) < 4.78 is 11.9. The first-order chi connectivity index (χ1) is 16.6. The molecule has 3 nitrogen and oxygen atoms in total. The second-order valence-electron chi connectivity index (χ2n) is 7.51. The fraction of sp³-hybridized carbons (Fsp3) is 0.0690. The Bertz CT molecular complexity index is 1140. The average molecular weight is 532 g/mol. The lowest BCUT2D eigenvalue weighted by molar-refractivity contribution is 0.0954. The molecule has 0 radical (unpaired) electrons. The quantitative estimate of drug-likeness (QED) is 0.147. The van der Waals surface area contributed by atoms with Crippen LogP contribution >= 0.6 is 23.2 Å². The molecule has 0 fully saturated rings. The van der Waals surface area contributed by atoms with E-state index in [9.17, 15) is 4.79 Å². The van der Waals surface area contributed by atoms with Crippen LogP contribution < -0.4 is 15.9 Å². The number of benzene rings is 4. The van der Waals surface area contributed by atoms with Gasteiger partial charge in [-0.3, -0.25) is 0 Å². The van der Waals surface area contributed by atoms with Gasteiger partial charge < -0.3 is 9.47 Å². The second-order valence-corrected chi connectivity index (χ2v) is 11.7. The first-order valence-corrected chi connectivity index (χ1v) is 13.7. The van der Waals surface area contributed by atoms with Crippen molar-refractivity contribution in [1.82, 2.24) is 0 Å². The Balaban J connectivity index is 2.04. The van der Waals surface area contributed by atoms with Crippen molar-refractivity contribution >= 4 is 51.0 Å². The van der Waals surface area contributed by atoms with Gasteiger partial charge in [0.2, 0.25) is 0 Å². The number of halogens is 1. The Morgan fingerprint density at radius 1 is 0.735 bits per heavy atom. The third-order valence-electron chi connectivity index (χ3n) is 5.39. The zero-order chi connectivity index (χ0) is 23.8. The fourth-order valence-electron chi connectivity index (χ4n) is 3.85. The number of hydrogen-bond acceptors (Lipinski definition) is 3. The molecule has 0 saturated carbocycles. The molecule has 0 N–H and O–H groups in total. The van der Waals surface area contributed by atoms with Crippen molar-refractivity contribution in [2.45, 2.75) is 6.92 Å². The lowest BCUT2D eigenvalue weighted by Gasteiger charge is -2.25. The minimum Gasteiger partial charge on any atom is -0.434 e. The molecule has 0 aromatic heterocycles. The van der Waals surface area contributed by atoms with Gasteiger partial charge in [-0.25, -0.2) is 4.79 Å². The number of hydrogen-bond donors (Lipinski definition) is 0. The maximum absolute atomic E-state index is 12.5. The fourth-order valence-corrected chi connectivity index (χ4v) is 7.93. The van der Waals surface area contributed by atoms with Crippen molar-refractivity contribution in [2.75, 3.05) is 6.61 Å². The van der Waals surface area contributed by atoms with Crippen LogP contribution in [0.5, 0.6) is 0 Å². The molecule has 0 aliphatic heterocycles. The molecule has 0 aliphatic rings. The van der Waals surface area contributed by atoms with E-state index in [1.807, 2.05) is 42.5 Å². The van der Waals surface area contributed by atoms with E-state index in [-0.39, 0.29) is 6.61 Å². The first kappa shape index (κ1) is 23.9. The molecule has 0 aliphatic carbocycles. The summed E-state index contributed by atoms with van der Waals surface area (Å²) in [6, 6.07) is 39.0. The molecule has 0 spiro atoms.